The summed E-state index contributed by atoms with van der Waals surface area (Å²) in [4.78, 5) is 9.40. The molecule has 4 heteroatoms. The Hall–Kier alpha value is -1.00. The summed E-state index contributed by atoms with van der Waals surface area (Å²) < 4.78 is 5.01. The van der Waals surface area contributed by atoms with Crippen LogP contribution in [0.5, 0.6) is 0 Å². The fourth-order valence-electron chi connectivity index (χ4n) is 2.49. The van der Waals surface area contributed by atoms with Crippen molar-refractivity contribution >= 4 is 0 Å². The van der Waals surface area contributed by atoms with E-state index >= 15 is 0 Å². The van der Waals surface area contributed by atoms with Crippen molar-refractivity contribution in [3.8, 4) is 0 Å². The Morgan fingerprint density at radius 3 is 2.37 bits per heavy atom. The zero-order chi connectivity index (χ0) is 13.8. The molecule has 19 heavy (non-hydrogen) atoms. The third kappa shape index (κ3) is 3.74. The van der Waals surface area contributed by atoms with Crippen LogP contribution in [0, 0.1) is 19.8 Å². The molecule has 0 aromatic carbocycles. The van der Waals surface area contributed by atoms with Crippen molar-refractivity contribution in [2.24, 2.45) is 5.92 Å². The van der Waals surface area contributed by atoms with Crippen LogP contribution in [0.2, 0.25) is 0 Å². The fourth-order valence-corrected chi connectivity index (χ4v) is 2.49. The maximum atomic E-state index is 5.01. The standard InChI is InChI=1S/C15H25N3O/c1-10-9-14(10)15-17-11(2)13(12(3)18-15)5-6-16-7-8-19-4/h10,14,16H,5-9H2,1-4H3. The molecule has 0 bridgehead atoms. The highest BCUT2D eigenvalue weighted by Crippen LogP contribution is 2.45. The lowest BCUT2D eigenvalue weighted by Crippen LogP contribution is -2.22. The predicted octanol–water partition coefficient (Wildman–Crippen LogP) is 2.00. The lowest BCUT2D eigenvalue weighted by Gasteiger charge is -2.11. The van der Waals surface area contributed by atoms with E-state index in [0.29, 0.717) is 5.92 Å². The molecule has 0 radical (unpaired) electrons. The van der Waals surface area contributed by atoms with Gasteiger partial charge in [-0.2, -0.15) is 0 Å². The van der Waals surface area contributed by atoms with Crippen molar-refractivity contribution in [3.63, 3.8) is 0 Å². The molecule has 4 nitrogen and oxygen atoms in total. The highest BCUT2D eigenvalue weighted by atomic mass is 16.5. The maximum Gasteiger partial charge on any atom is 0.132 e. The second kappa shape index (κ2) is 6.44. The number of methoxy groups -OCH3 is 1. The first-order valence-electron chi connectivity index (χ1n) is 7.17. The van der Waals surface area contributed by atoms with E-state index in [9.17, 15) is 0 Å². The fraction of sp³-hybridized carbons (Fsp3) is 0.733. The Labute approximate surface area is 116 Å². The molecule has 1 aliphatic carbocycles. The lowest BCUT2D eigenvalue weighted by atomic mass is 10.1. The van der Waals surface area contributed by atoms with Gasteiger partial charge in [-0.05, 0) is 44.7 Å². The zero-order valence-corrected chi connectivity index (χ0v) is 12.5. The molecule has 1 aliphatic rings. The molecular weight excluding hydrogens is 238 g/mol. The van der Waals surface area contributed by atoms with Crippen LogP contribution in [0.3, 0.4) is 0 Å². The smallest absolute Gasteiger partial charge is 0.132 e. The zero-order valence-electron chi connectivity index (χ0n) is 12.5. The average molecular weight is 263 g/mol. The van der Waals surface area contributed by atoms with Crippen molar-refractivity contribution < 1.29 is 4.74 Å². The Morgan fingerprint density at radius 1 is 1.21 bits per heavy atom. The number of nitrogens with zero attached hydrogens (tertiary/aromatic N) is 2. The van der Waals surface area contributed by atoms with Gasteiger partial charge in [0.2, 0.25) is 0 Å². The van der Waals surface area contributed by atoms with Gasteiger partial charge in [-0.3, -0.25) is 0 Å². The lowest BCUT2D eigenvalue weighted by molar-refractivity contribution is 0.199. The molecule has 1 fully saturated rings. The normalized spacial score (nSPS) is 21.7. The summed E-state index contributed by atoms with van der Waals surface area (Å²) >= 11 is 0. The Kier molecular flexibility index (Phi) is 4.88. The topological polar surface area (TPSA) is 47.0 Å². The summed E-state index contributed by atoms with van der Waals surface area (Å²) in [5.41, 5.74) is 3.59. The summed E-state index contributed by atoms with van der Waals surface area (Å²) in [6.45, 7) is 9.09. The summed E-state index contributed by atoms with van der Waals surface area (Å²) in [5.74, 6) is 2.42. The molecule has 1 saturated carbocycles. The van der Waals surface area contributed by atoms with E-state index < -0.39 is 0 Å². The van der Waals surface area contributed by atoms with Crippen LogP contribution in [-0.2, 0) is 11.2 Å². The van der Waals surface area contributed by atoms with E-state index in [2.05, 4.69) is 26.1 Å². The minimum absolute atomic E-state index is 0.603. The maximum absolute atomic E-state index is 5.01. The summed E-state index contributed by atoms with van der Waals surface area (Å²) in [6.07, 6.45) is 2.23. The first-order valence-corrected chi connectivity index (χ1v) is 7.17. The molecule has 0 saturated heterocycles. The van der Waals surface area contributed by atoms with Gasteiger partial charge >= 0.3 is 0 Å². The molecular formula is C15H25N3O. The minimum Gasteiger partial charge on any atom is -0.383 e. The Balaban J connectivity index is 1.93. The van der Waals surface area contributed by atoms with Crippen molar-refractivity contribution in [2.45, 2.75) is 39.5 Å². The molecule has 0 spiro atoms. The third-order valence-corrected chi connectivity index (χ3v) is 3.91. The van der Waals surface area contributed by atoms with E-state index in [1.54, 1.807) is 7.11 Å². The Morgan fingerprint density at radius 2 is 1.84 bits per heavy atom. The summed E-state index contributed by atoms with van der Waals surface area (Å²) in [5, 5.41) is 3.37. The molecule has 1 aromatic rings. The molecule has 1 N–H and O–H groups in total. The number of nitrogens with one attached hydrogen (secondary N) is 1. The number of aryl methyl sites for hydroxylation is 2. The van der Waals surface area contributed by atoms with Crippen molar-refractivity contribution in [2.75, 3.05) is 26.8 Å². The van der Waals surface area contributed by atoms with Crippen molar-refractivity contribution in [1.82, 2.24) is 15.3 Å². The predicted molar refractivity (Wildman–Crippen MR) is 76.5 cm³/mol. The summed E-state index contributed by atoms with van der Waals surface area (Å²) in [6, 6.07) is 0. The van der Waals surface area contributed by atoms with Crippen LogP contribution >= 0.6 is 0 Å². The SMILES string of the molecule is COCCNCCc1c(C)nc(C2CC2C)nc1C. The van der Waals surface area contributed by atoms with Gasteiger partial charge in [0, 0.05) is 31.0 Å². The van der Waals surface area contributed by atoms with Gasteiger partial charge in [-0.15, -0.1) is 0 Å². The number of ether oxygens (including phenoxy) is 1. The molecule has 0 amide bonds. The molecule has 1 aromatic heterocycles. The molecule has 1 heterocycles. The highest BCUT2D eigenvalue weighted by Gasteiger charge is 2.36. The largest absolute Gasteiger partial charge is 0.383 e. The average Bonchev–Trinajstić information content (AvgIpc) is 3.09. The van der Waals surface area contributed by atoms with Gasteiger partial charge in [0.05, 0.1) is 6.61 Å². The second-order valence-electron chi connectivity index (χ2n) is 5.54. The van der Waals surface area contributed by atoms with E-state index in [-0.39, 0.29) is 0 Å². The number of aromatic nitrogens is 2. The molecule has 2 rings (SSSR count). The van der Waals surface area contributed by atoms with Gasteiger partial charge in [0.1, 0.15) is 5.82 Å². The summed E-state index contributed by atoms with van der Waals surface area (Å²) in [7, 11) is 1.72. The van der Waals surface area contributed by atoms with E-state index in [4.69, 9.17) is 14.7 Å². The van der Waals surface area contributed by atoms with Gasteiger partial charge in [0.15, 0.2) is 0 Å². The molecule has 2 atom stereocenters. The van der Waals surface area contributed by atoms with Crippen LogP contribution in [0.15, 0.2) is 0 Å². The van der Waals surface area contributed by atoms with Crippen LogP contribution in [0.25, 0.3) is 0 Å². The number of hydrogen-bond acceptors (Lipinski definition) is 4. The van der Waals surface area contributed by atoms with E-state index in [1.807, 2.05) is 0 Å². The quantitative estimate of drug-likeness (QED) is 0.764. The van der Waals surface area contributed by atoms with Crippen LogP contribution in [0.4, 0.5) is 0 Å². The monoisotopic (exact) mass is 263 g/mol. The van der Waals surface area contributed by atoms with Crippen LogP contribution in [-0.4, -0.2) is 36.8 Å². The Bertz CT molecular complexity index is 410. The molecule has 106 valence electrons. The molecule has 0 aliphatic heterocycles. The highest BCUT2D eigenvalue weighted by molar-refractivity contribution is 5.26. The first-order chi connectivity index (χ1) is 9.13. The van der Waals surface area contributed by atoms with E-state index in [0.717, 1.165) is 49.2 Å². The second-order valence-corrected chi connectivity index (χ2v) is 5.54. The first kappa shape index (κ1) is 14.4. The van der Waals surface area contributed by atoms with Gasteiger partial charge < -0.3 is 10.1 Å². The van der Waals surface area contributed by atoms with Gasteiger partial charge in [-0.25, -0.2) is 9.97 Å². The minimum atomic E-state index is 0.603. The van der Waals surface area contributed by atoms with E-state index in [1.165, 1.54) is 12.0 Å². The number of rotatable bonds is 7. The van der Waals surface area contributed by atoms with Gasteiger partial charge in [-0.1, -0.05) is 6.92 Å². The number of hydrogen-bond donors (Lipinski definition) is 1. The van der Waals surface area contributed by atoms with Crippen LogP contribution < -0.4 is 5.32 Å². The van der Waals surface area contributed by atoms with Crippen molar-refractivity contribution in [3.05, 3.63) is 22.8 Å². The molecule has 2 unspecified atom stereocenters. The van der Waals surface area contributed by atoms with Crippen LogP contribution in [0.1, 0.15) is 42.0 Å². The third-order valence-electron chi connectivity index (χ3n) is 3.91. The van der Waals surface area contributed by atoms with Gasteiger partial charge in [0.25, 0.3) is 0 Å². The van der Waals surface area contributed by atoms with Crippen molar-refractivity contribution in [1.29, 1.82) is 0 Å².